The van der Waals surface area contributed by atoms with E-state index in [1.54, 1.807) is 29.5 Å². The Hall–Kier alpha value is -2.80. The molecule has 7 heteroatoms. The van der Waals surface area contributed by atoms with Crippen molar-refractivity contribution in [2.75, 3.05) is 5.32 Å². The molecule has 0 spiro atoms. The van der Waals surface area contributed by atoms with Crippen LogP contribution in [0.4, 0.5) is 15.9 Å². The molecule has 3 aromatic rings. The molecule has 0 aliphatic heterocycles. The number of hydrogen-bond acceptors (Lipinski definition) is 5. The molecule has 2 heterocycles. The molecule has 0 aliphatic rings. The van der Waals surface area contributed by atoms with Gasteiger partial charge in [-0.1, -0.05) is 18.2 Å². The second-order valence-electron chi connectivity index (χ2n) is 4.80. The Bertz CT molecular complexity index is 789. The third-order valence-corrected chi connectivity index (χ3v) is 4.22. The summed E-state index contributed by atoms with van der Waals surface area (Å²) in [5.74, 6) is 0.213. The molecule has 2 aromatic heterocycles. The number of pyridine rings is 1. The lowest BCUT2D eigenvalue weighted by Crippen LogP contribution is -2.12. The van der Waals surface area contributed by atoms with Crippen molar-refractivity contribution in [2.45, 2.75) is 6.04 Å². The average Bonchev–Trinajstić information content (AvgIpc) is 3.08. The zero-order valence-electron chi connectivity index (χ0n) is 11.8. The van der Waals surface area contributed by atoms with Crippen LogP contribution in [0.5, 0.6) is 0 Å². The summed E-state index contributed by atoms with van der Waals surface area (Å²) >= 11 is 1.57. The van der Waals surface area contributed by atoms with Crippen molar-refractivity contribution in [1.29, 1.82) is 0 Å². The Kier molecular flexibility index (Phi) is 4.29. The van der Waals surface area contributed by atoms with E-state index in [0.29, 0.717) is 5.82 Å². The lowest BCUT2D eigenvalue weighted by Gasteiger charge is -2.18. The smallest absolute Gasteiger partial charge is 0.287 e. The maximum atomic E-state index is 13.1. The van der Waals surface area contributed by atoms with Crippen molar-refractivity contribution >= 4 is 22.8 Å². The van der Waals surface area contributed by atoms with E-state index in [0.717, 1.165) is 10.4 Å². The van der Waals surface area contributed by atoms with Crippen LogP contribution in [0.15, 0.2) is 60.1 Å². The van der Waals surface area contributed by atoms with E-state index in [2.05, 4.69) is 10.3 Å². The fourth-order valence-corrected chi connectivity index (χ4v) is 2.96. The van der Waals surface area contributed by atoms with Crippen LogP contribution in [-0.2, 0) is 0 Å². The zero-order valence-corrected chi connectivity index (χ0v) is 12.7. The molecule has 0 fully saturated rings. The molecule has 1 unspecified atom stereocenters. The Morgan fingerprint density at radius 2 is 1.96 bits per heavy atom. The van der Waals surface area contributed by atoms with Crippen molar-refractivity contribution in [3.8, 4) is 0 Å². The average molecular weight is 329 g/mol. The number of hydrogen-bond donors (Lipinski definition) is 1. The van der Waals surface area contributed by atoms with E-state index < -0.39 is 4.92 Å². The normalized spacial score (nSPS) is 11.9. The fraction of sp³-hybridized carbons (Fsp3) is 0.0625. The lowest BCUT2D eigenvalue weighted by molar-refractivity contribution is -0.385. The van der Waals surface area contributed by atoms with Gasteiger partial charge in [-0.25, -0.2) is 9.37 Å². The molecule has 23 heavy (non-hydrogen) atoms. The van der Waals surface area contributed by atoms with Gasteiger partial charge in [-0.2, -0.15) is 0 Å². The second kappa shape index (κ2) is 6.53. The maximum absolute atomic E-state index is 13.1. The molecule has 0 amide bonds. The minimum atomic E-state index is -0.493. The third kappa shape index (κ3) is 3.51. The van der Waals surface area contributed by atoms with Crippen LogP contribution in [0.1, 0.15) is 16.5 Å². The highest BCUT2D eigenvalue weighted by Gasteiger charge is 2.16. The molecular formula is C16H12FN3O2S. The van der Waals surface area contributed by atoms with E-state index in [9.17, 15) is 14.5 Å². The number of benzene rings is 1. The predicted molar refractivity (Wildman–Crippen MR) is 87.1 cm³/mol. The fourth-order valence-electron chi connectivity index (χ4n) is 2.16. The van der Waals surface area contributed by atoms with Gasteiger partial charge in [0.05, 0.1) is 11.0 Å². The maximum Gasteiger partial charge on any atom is 0.287 e. The summed E-state index contributed by atoms with van der Waals surface area (Å²) in [6.45, 7) is 0. The molecule has 1 aromatic carbocycles. The van der Waals surface area contributed by atoms with Gasteiger partial charge in [-0.3, -0.25) is 10.1 Å². The topological polar surface area (TPSA) is 68.1 Å². The molecule has 0 saturated heterocycles. The molecule has 0 bridgehead atoms. The Balaban J connectivity index is 1.90. The van der Waals surface area contributed by atoms with E-state index >= 15 is 0 Å². The first kappa shape index (κ1) is 15.1. The van der Waals surface area contributed by atoms with E-state index in [1.165, 1.54) is 24.4 Å². The van der Waals surface area contributed by atoms with Crippen molar-refractivity contribution in [2.24, 2.45) is 0 Å². The first-order valence-corrected chi connectivity index (χ1v) is 7.67. The minimum absolute atomic E-state index is 0.0648. The predicted octanol–water partition coefficient (Wildman–Crippen LogP) is 4.39. The standard InChI is InChI=1S/C16H12FN3O2S/c17-12-5-3-11(4-6-12)16(14-2-1-9-23-14)19-15-8-7-13(10-18-15)20(21)22/h1-10,16H,(H,18,19). The Labute approximate surface area is 135 Å². The molecule has 116 valence electrons. The van der Waals surface area contributed by atoms with Gasteiger partial charge in [0.25, 0.3) is 5.69 Å². The molecule has 3 rings (SSSR count). The second-order valence-corrected chi connectivity index (χ2v) is 5.78. The van der Waals surface area contributed by atoms with Crippen molar-refractivity contribution < 1.29 is 9.31 Å². The quantitative estimate of drug-likeness (QED) is 0.557. The first-order chi connectivity index (χ1) is 11.1. The summed E-state index contributed by atoms with van der Waals surface area (Å²) in [5, 5.41) is 15.9. The molecule has 0 radical (unpaired) electrons. The monoisotopic (exact) mass is 329 g/mol. The highest BCUT2D eigenvalue weighted by Crippen LogP contribution is 2.29. The summed E-state index contributed by atoms with van der Waals surface area (Å²) < 4.78 is 13.1. The van der Waals surface area contributed by atoms with Crippen molar-refractivity contribution in [3.05, 3.63) is 86.5 Å². The number of aromatic nitrogens is 1. The number of nitro groups is 1. The van der Waals surface area contributed by atoms with Crippen LogP contribution in [-0.4, -0.2) is 9.91 Å². The number of rotatable bonds is 5. The summed E-state index contributed by atoms with van der Waals surface area (Å²) in [5.41, 5.74) is 0.819. The van der Waals surface area contributed by atoms with Gasteiger partial charge in [-0.05, 0) is 35.2 Å². The van der Waals surface area contributed by atoms with E-state index in [4.69, 9.17) is 0 Å². The van der Waals surface area contributed by atoms with Crippen LogP contribution in [0.2, 0.25) is 0 Å². The molecular weight excluding hydrogens is 317 g/mol. The summed E-state index contributed by atoms with van der Waals surface area (Å²) in [4.78, 5) is 15.3. The molecule has 1 atom stereocenters. The number of thiophene rings is 1. The van der Waals surface area contributed by atoms with Gasteiger partial charge in [-0.15, -0.1) is 11.3 Å². The third-order valence-electron chi connectivity index (χ3n) is 3.28. The van der Waals surface area contributed by atoms with Gasteiger partial charge >= 0.3 is 0 Å². The highest BCUT2D eigenvalue weighted by molar-refractivity contribution is 7.10. The van der Waals surface area contributed by atoms with Gasteiger partial charge in [0, 0.05) is 10.9 Å². The van der Waals surface area contributed by atoms with Gasteiger partial charge in [0.15, 0.2) is 0 Å². The minimum Gasteiger partial charge on any atom is -0.358 e. The largest absolute Gasteiger partial charge is 0.358 e. The van der Waals surface area contributed by atoms with Crippen LogP contribution in [0, 0.1) is 15.9 Å². The summed E-state index contributed by atoms with van der Waals surface area (Å²) in [6.07, 6.45) is 1.21. The van der Waals surface area contributed by atoms with Gasteiger partial charge in [0.1, 0.15) is 17.8 Å². The van der Waals surface area contributed by atoms with E-state index in [-0.39, 0.29) is 17.5 Å². The first-order valence-electron chi connectivity index (χ1n) is 6.79. The van der Waals surface area contributed by atoms with Crippen molar-refractivity contribution in [3.63, 3.8) is 0 Å². The number of nitrogens with one attached hydrogen (secondary N) is 1. The molecule has 5 nitrogen and oxygen atoms in total. The van der Waals surface area contributed by atoms with Crippen LogP contribution < -0.4 is 5.32 Å². The molecule has 1 N–H and O–H groups in total. The van der Waals surface area contributed by atoms with Crippen LogP contribution in [0.3, 0.4) is 0 Å². The van der Waals surface area contributed by atoms with Crippen LogP contribution in [0.25, 0.3) is 0 Å². The SMILES string of the molecule is O=[N+]([O-])c1ccc(NC(c2ccc(F)cc2)c2cccs2)nc1. The number of anilines is 1. The Morgan fingerprint density at radius 3 is 2.52 bits per heavy atom. The Morgan fingerprint density at radius 1 is 1.17 bits per heavy atom. The number of nitrogens with zero attached hydrogens (tertiary/aromatic N) is 2. The number of halogens is 1. The highest BCUT2D eigenvalue weighted by atomic mass is 32.1. The lowest BCUT2D eigenvalue weighted by atomic mass is 10.1. The molecule has 0 aliphatic carbocycles. The van der Waals surface area contributed by atoms with Gasteiger partial charge in [0.2, 0.25) is 0 Å². The summed E-state index contributed by atoms with van der Waals surface area (Å²) in [7, 11) is 0. The van der Waals surface area contributed by atoms with E-state index in [1.807, 2.05) is 17.5 Å². The van der Waals surface area contributed by atoms with Crippen molar-refractivity contribution in [1.82, 2.24) is 4.98 Å². The van der Waals surface area contributed by atoms with Gasteiger partial charge < -0.3 is 5.32 Å². The zero-order chi connectivity index (χ0) is 16.2. The molecule has 0 saturated carbocycles. The van der Waals surface area contributed by atoms with Crippen LogP contribution >= 0.6 is 11.3 Å². The summed E-state index contributed by atoms with van der Waals surface area (Å²) in [6, 6.07) is 12.9.